The summed E-state index contributed by atoms with van der Waals surface area (Å²) >= 11 is 13.1. The van der Waals surface area contributed by atoms with E-state index in [-0.39, 0.29) is 41.1 Å². The van der Waals surface area contributed by atoms with Gasteiger partial charge in [-0.1, -0.05) is 23.2 Å². The summed E-state index contributed by atoms with van der Waals surface area (Å²) in [5.41, 5.74) is 3.85. The van der Waals surface area contributed by atoms with E-state index in [4.69, 9.17) is 27.4 Å². The van der Waals surface area contributed by atoms with Gasteiger partial charge in [0.2, 0.25) is 0 Å². The normalized spacial score (nSPS) is 19.8. The van der Waals surface area contributed by atoms with Gasteiger partial charge in [0.1, 0.15) is 17.2 Å². The zero-order valence-electron chi connectivity index (χ0n) is 21.5. The maximum absolute atomic E-state index is 13.7. The molecule has 0 bridgehead atoms. The number of rotatable bonds is 8. The van der Waals surface area contributed by atoms with E-state index in [1.165, 1.54) is 12.1 Å². The van der Waals surface area contributed by atoms with Crippen molar-refractivity contribution in [2.24, 2.45) is 11.0 Å². The quantitative estimate of drug-likeness (QED) is 0.351. The molecular formula is C26H24BrCl2N6O5S-. The largest absolute Gasteiger partial charge is 0.740 e. The van der Waals surface area contributed by atoms with Crippen LogP contribution in [0.15, 0.2) is 63.6 Å². The first-order chi connectivity index (χ1) is 19.6. The number of aromatic nitrogens is 1. The first kappa shape index (κ1) is 29.5. The molecule has 2 amide bonds. The van der Waals surface area contributed by atoms with Crippen LogP contribution in [0.5, 0.6) is 0 Å². The second-order valence-electron chi connectivity index (χ2n) is 9.69. The Morgan fingerprint density at radius 2 is 2.07 bits per heavy atom. The molecular weight excluding hydrogens is 659 g/mol. The van der Waals surface area contributed by atoms with Crippen molar-refractivity contribution in [1.29, 1.82) is 0 Å². The van der Waals surface area contributed by atoms with Crippen LogP contribution in [-0.4, -0.2) is 55.4 Å². The predicted molar refractivity (Wildman–Crippen MR) is 158 cm³/mol. The molecule has 11 nitrogen and oxygen atoms in total. The number of carbonyl (C=O) groups is 2. The fourth-order valence-electron chi connectivity index (χ4n) is 4.64. The molecule has 3 unspecified atom stereocenters. The van der Waals surface area contributed by atoms with Gasteiger partial charge in [-0.05, 0) is 72.0 Å². The summed E-state index contributed by atoms with van der Waals surface area (Å²) in [5.74, 6) is -0.661. The van der Waals surface area contributed by atoms with Crippen molar-refractivity contribution in [2.45, 2.75) is 31.7 Å². The van der Waals surface area contributed by atoms with E-state index >= 15 is 0 Å². The Labute approximate surface area is 257 Å². The predicted octanol–water partition coefficient (Wildman–Crippen LogP) is 4.21. The summed E-state index contributed by atoms with van der Waals surface area (Å²) < 4.78 is 28.2. The van der Waals surface area contributed by atoms with E-state index in [1.807, 2.05) is 6.92 Å². The number of amides is 2. The molecule has 0 radical (unpaired) electrons. The van der Waals surface area contributed by atoms with Gasteiger partial charge in [0.25, 0.3) is 11.8 Å². The third-order valence-corrected chi connectivity index (χ3v) is 8.38. The highest BCUT2D eigenvalue weighted by molar-refractivity contribution is 9.10. The Kier molecular flexibility index (Phi) is 9.00. The van der Waals surface area contributed by atoms with Crippen molar-refractivity contribution in [3.63, 3.8) is 0 Å². The summed E-state index contributed by atoms with van der Waals surface area (Å²) in [6, 6.07) is 6.41. The molecule has 1 fully saturated rings. The number of hydrogen-bond acceptors (Lipinski definition) is 9. The smallest absolute Gasteiger partial charge is 0.257 e. The van der Waals surface area contributed by atoms with E-state index in [0.717, 1.165) is 12.8 Å². The molecule has 1 saturated carbocycles. The molecule has 216 valence electrons. The topological polar surface area (TPSA) is 148 Å². The average Bonchev–Trinajstić information content (AvgIpc) is 3.67. The van der Waals surface area contributed by atoms with Gasteiger partial charge in [0.15, 0.2) is 5.76 Å². The minimum Gasteiger partial charge on any atom is -0.740 e. The third kappa shape index (κ3) is 6.75. The molecule has 3 aliphatic rings. The number of pyridine rings is 1. The molecule has 2 aromatic rings. The maximum Gasteiger partial charge on any atom is 0.257 e. The second-order valence-corrected chi connectivity index (χ2v) is 12.0. The first-order valence-corrected chi connectivity index (χ1v) is 15.1. The van der Waals surface area contributed by atoms with Crippen molar-refractivity contribution in [2.75, 3.05) is 18.4 Å². The van der Waals surface area contributed by atoms with Gasteiger partial charge in [-0.3, -0.25) is 14.6 Å². The molecule has 3 atom stereocenters. The molecule has 0 spiro atoms. The van der Waals surface area contributed by atoms with Gasteiger partial charge in [-0.2, -0.15) is 5.10 Å². The minimum absolute atomic E-state index is 0.0169. The van der Waals surface area contributed by atoms with Gasteiger partial charge in [0, 0.05) is 34.5 Å². The summed E-state index contributed by atoms with van der Waals surface area (Å²) in [6.07, 6.45) is 6.63. The molecule has 41 heavy (non-hydrogen) atoms. The molecule has 1 aromatic heterocycles. The van der Waals surface area contributed by atoms with E-state index in [0.29, 0.717) is 38.5 Å². The summed E-state index contributed by atoms with van der Waals surface area (Å²) in [5, 5.41) is 10.8. The number of nitrogens with zero attached hydrogens (tertiary/aromatic N) is 3. The van der Waals surface area contributed by atoms with Gasteiger partial charge < -0.3 is 29.7 Å². The van der Waals surface area contributed by atoms with Crippen molar-refractivity contribution in [3.8, 4) is 0 Å². The Bertz CT molecular complexity index is 1520. The minimum atomic E-state index is -2.94. The Balaban J connectivity index is 1.42. The molecule has 15 heteroatoms. The number of hydrazone groups is 1. The van der Waals surface area contributed by atoms with Gasteiger partial charge in [0.05, 0.1) is 40.0 Å². The molecule has 3 heterocycles. The van der Waals surface area contributed by atoms with Crippen LogP contribution < -0.4 is 16.1 Å². The Morgan fingerprint density at radius 3 is 2.78 bits per heavy atom. The van der Waals surface area contributed by atoms with Gasteiger partial charge in [-0.15, -0.1) is 0 Å². The number of halogens is 3. The summed E-state index contributed by atoms with van der Waals surface area (Å²) in [6.45, 7) is 2.26. The summed E-state index contributed by atoms with van der Waals surface area (Å²) in [7, 11) is 0. The molecule has 3 N–H and O–H groups in total. The average molecular weight is 683 g/mol. The van der Waals surface area contributed by atoms with Crippen molar-refractivity contribution < 1.29 is 22.5 Å². The van der Waals surface area contributed by atoms with E-state index in [2.05, 4.69) is 42.1 Å². The van der Waals surface area contributed by atoms with Crippen LogP contribution in [0.3, 0.4) is 0 Å². The van der Waals surface area contributed by atoms with Crippen LogP contribution in [0.4, 0.5) is 5.69 Å². The van der Waals surface area contributed by atoms with Crippen LogP contribution in [0.1, 0.15) is 41.7 Å². The van der Waals surface area contributed by atoms with Crippen LogP contribution in [0.25, 0.3) is 0 Å². The van der Waals surface area contributed by atoms with Crippen molar-refractivity contribution in [3.05, 3.63) is 79.8 Å². The number of carbonyl (C=O) groups excluding carboxylic acids is 2. The molecule has 2 aliphatic heterocycles. The number of anilines is 1. The van der Waals surface area contributed by atoms with Gasteiger partial charge >= 0.3 is 0 Å². The lowest BCUT2D eigenvalue weighted by molar-refractivity contribution is -0.113. The number of nitrogens with one attached hydrogen (secondary N) is 3. The molecule has 1 aliphatic carbocycles. The van der Waals surface area contributed by atoms with E-state index in [9.17, 15) is 18.4 Å². The van der Waals surface area contributed by atoms with Crippen LogP contribution in [-0.2, 0) is 20.3 Å². The highest BCUT2D eigenvalue weighted by atomic mass is 79.9. The number of hydrogen-bond donors (Lipinski definition) is 3. The Hall–Kier alpha value is -2.97. The Morgan fingerprint density at radius 1 is 1.29 bits per heavy atom. The number of allylic oxidation sites excluding steroid dienone is 1. The molecule has 5 rings (SSSR count). The fraction of sp³-hybridized carbons (Fsp3) is 0.308. The molecule has 0 saturated heterocycles. The monoisotopic (exact) mass is 681 g/mol. The highest BCUT2D eigenvalue weighted by Gasteiger charge is 2.34. The van der Waals surface area contributed by atoms with Gasteiger partial charge in [-0.25, -0.2) is 4.21 Å². The van der Waals surface area contributed by atoms with Crippen LogP contribution in [0, 0.1) is 5.92 Å². The van der Waals surface area contributed by atoms with Crippen LogP contribution >= 0.6 is 39.1 Å². The molecule has 1 aromatic carbocycles. The van der Waals surface area contributed by atoms with E-state index < -0.39 is 23.2 Å². The first-order valence-electron chi connectivity index (χ1n) is 12.6. The van der Waals surface area contributed by atoms with Crippen LogP contribution in [0.2, 0.25) is 10.0 Å². The standard InChI is InChI=1S/C26H25BrCl2N6O5S/c1-13(14-4-5-14)32-25(36)16-9-15(28)10-19(27)22(16)33-26(37)18-12-35(8-6-21(18)40-41(38)39)24-17(11-31-34-24)23-20(29)3-2-7-30-23/h2-3,6-10,13-14,17,31H,4-5,11-12H2,1H3,(H,32,36)(H,33,37)(H,38,39)/p-1. The number of amidine groups is 1. The zero-order valence-corrected chi connectivity index (χ0v) is 25.4. The maximum atomic E-state index is 13.7. The fourth-order valence-corrected chi connectivity index (χ4v) is 6.11. The number of benzene rings is 1. The third-order valence-electron chi connectivity index (χ3n) is 6.90. The lowest BCUT2D eigenvalue weighted by Gasteiger charge is -2.29. The van der Waals surface area contributed by atoms with Crippen molar-refractivity contribution >= 4 is 73.8 Å². The second kappa shape index (κ2) is 12.5. The summed E-state index contributed by atoms with van der Waals surface area (Å²) in [4.78, 5) is 32.9. The SMILES string of the molecule is CC(NC(=O)c1cc(Cl)cc(Br)c1NC(=O)C1=C(OS(=O)[O-])C=CN(C2=NNCC2c2ncccc2Cl)C1)C1CC1. The van der Waals surface area contributed by atoms with E-state index in [1.54, 1.807) is 35.5 Å². The lowest BCUT2D eigenvalue weighted by atomic mass is 10.0. The zero-order chi connectivity index (χ0) is 29.3. The lowest BCUT2D eigenvalue weighted by Crippen LogP contribution is -2.37. The highest BCUT2D eigenvalue weighted by Crippen LogP contribution is 2.35. The van der Waals surface area contributed by atoms with Crippen molar-refractivity contribution in [1.82, 2.24) is 20.6 Å².